The van der Waals surface area contributed by atoms with Gasteiger partial charge in [-0.15, -0.1) is 0 Å². The molecule has 5 heteroatoms. The van der Waals surface area contributed by atoms with E-state index in [4.69, 9.17) is 0 Å². The van der Waals surface area contributed by atoms with E-state index in [0.29, 0.717) is 19.5 Å². The van der Waals surface area contributed by atoms with E-state index < -0.39 is 0 Å². The van der Waals surface area contributed by atoms with E-state index in [1.54, 1.807) is 6.07 Å². The summed E-state index contributed by atoms with van der Waals surface area (Å²) in [7, 11) is 0. The number of hydrogen-bond acceptors (Lipinski definition) is 2. The monoisotopic (exact) mass is 389 g/mol. The van der Waals surface area contributed by atoms with Crippen LogP contribution in [-0.4, -0.2) is 28.5 Å². The fourth-order valence-electron chi connectivity index (χ4n) is 4.72. The smallest absolute Gasteiger partial charge is 0.227 e. The second-order valence-electron chi connectivity index (χ2n) is 8.12. The Morgan fingerprint density at radius 3 is 2.69 bits per heavy atom. The van der Waals surface area contributed by atoms with Crippen molar-refractivity contribution in [1.29, 1.82) is 0 Å². The maximum atomic E-state index is 13.9. The number of fused-ring (bicyclic) bond motifs is 4. The summed E-state index contributed by atoms with van der Waals surface area (Å²) in [6.45, 7) is 3.42. The molecule has 0 unspecified atom stereocenters. The van der Waals surface area contributed by atoms with Gasteiger partial charge >= 0.3 is 0 Å². The van der Waals surface area contributed by atoms with E-state index in [2.05, 4.69) is 16.0 Å². The van der Waals surface area contributed by atoms with Gasteiger partial charge in [0.25, 0.3) is 0 Å². The predicted octanol–water partition coefficient (Wildman–Crippen LogP) is 4.41. The molecule has 3 aromatic rings. The number of halogens is 1. The highest BCUT2D eigenvalue weighted by Gasteiger charge is 2.42. The average Bonchev–Trinajstić information content (AvgIpc) is 3.21. The van der Waals surface area contributed by atoms with Crippen LogP contribution in [0.25, 0.3) is 5.69 Å². The van der Waals surface area contributed by atoms with E-state index in [0.717, 1.165) is 35.3 Å². The van der Waals surface area contributed by atoms with Gasteiger partial charge in [-0.05, 0) is 61.2 Å². The number of amides is 1. The first-order valence-corrected chi connectivity index (χ1v) is 10.1. The van der Waals surface area contributed by atoms with Gasteiger partial charge in [-0.25, -0.2) is 4.39 Å². The van der Waals surface area contributed by atoms with Crippen LogP contribution in [0.2, 0.25) is 0 Å². The third kappa shape index (κ3) is 3.01. The maximum absolute atomic E-state index is 13.9. The Kier molecular flexibility index (Phi) is 4.19. The van der Waals surface area contributed by atoms with Gasteiger partial charge in [0.05, 0.1) is 23.3 Å². The lowest BCUT2D eigenvalue weighted by atomic mass is 9.82. The molecule has 0 saturated carbocycles. The van der Waals surface area contributed by atoms with Crippen LogP contribution in [0.3, 0.4) is 0 Å². The zero-order valence-corrected chi connectivity index (χ0v) is 16.5. The third-order valence-corrected chi connectivity index (χ3v) is 6.40. The second-order valence-corrected chi connectivity index (χ2v) is 8.12. The minimum absolute atomic E-state index is 0.173. The fourth-order valence-corrected chi connectivity index (χ4v) is 4.72. The van der Waals surface area contributed by atoms with Crippen LogP contribution in [0.15, 0.2) is 60.8 Å². The number of benzene rings is 2. The molecular weight excluding hydrogens is 365 g/mol. The molecule has 5 rings (SSSR count). The molecule has 29 heavy (non-hydrogen) atoms. The summed E-state index contributed by atoms with van der Waals surface area (Å²) in [6, 6.07) is 17.1. The Morgan fingerprint density at radius 1 is 1.10 bits per heavy atom. The minimum atomic E-state index is -0.274. The van der Waals surface area contributed by atoms with Gasteiger partial charge in [0, 0.05) is 25.0 Å². The predicted molar refractivity (Wildman–Crippen MR) is 112 cm³/mol. The highest BCUT2D eigenvalue weighted by molar-refractivity contribution is 5.79. The van der Waals surface area contributed by atoms with Crippen LogP contribution in [-0.2, 0) is 16.8 Å². The van der Waals surface area contributed by atoms with E-state index in [1.807, 2.05) is 54.4 Å². The highest BCUT2D eigenvalue weighted by Crippen LogP contribution is 2.43. The molecule has 0 radical (unpaired) electrons. The van der Waals surface area contributed by atoms with Crippen LogP contribution in [0, 0.1) is 12.7 Å². The minimum Gasteiger partial charge on any atom is -0.372 e. The lowest BCUT2D eigenvalue weighted by Gasteiger charge is -2.46. The quantitative estimate of drug-likeness (QED) is 0.705. The standard InChI is InChI=1S/C24H24FN3O/c1-17-5-2-3-6-18(17)15-23(29)27-13-10-24(11-14-27)22-7-4-12-28(22)21-9-8-19(25)16-20(21)26-24/h2-9,12,16,26H,10-11,13-15H2,1H3. The summed E-state index contributed by atoms with van der Waals surface area (Å²) in [5.74, 6) is -0.0698. The third-order valence-electron chi connectivity index (χ3n) is 6.40. The SMILES string of the molecule is Cc1ccccc1CC(=O)N1CCC2(CC1)Nc1cc(F)ccc1-n1cccc12. The van der Waals surface area contributed by atoms with Crippen LogP contribution < -0.4 is 5.32 Å². The summed E-state index contributed by atoms with van der Waals surface area (Å²) in [6.07, 6.45) is 4.07. The molecule has 0 atom stereocenters. The van der Waals surface area contributed by atoms with Crippen molar-refractivity contribution in [3.8, 4) is 5.69 Å². The average molecular weight is 389 g/mol. The summed E-state index contributed by atoms with van der Waals surface area (Å²) >= 11 is 0. The molecule has 2 aliphatic heterocycles. The molecule has 1 aromatic heterocycles. The first-order chi connectivity index (χ1) is 14.1. The number of nitrogens with one attached hydrogen (secondary N) is 1. The van der Waals surface area contributed by atoms with E-state index >= 15 is 0 Å². The van der Waals surface area contributed by atoms with Crippen molar-refractivity contribution in [2.45, 2.75) is 31.7 Å². The number of carbonyl (C=O) groups excluding carboxylic acids is 1. The van der Waals surface area contributed by atoms with Crippen molar-refractivity contribution in [3.63, 3.8) is 0 Å². The van der Waals surface area contributed by atoms with Crippen molar-refractivity contribution in [2.24, 2.45) is 0 Å². The molecule has 1 fully saturated rings. The molecular formula is C24H24FN3O. The summed E-state index contributed by atoms with van der Waals surface area (Å²) in [5, 5.41) is 3.61. The van der Waals surface area contributed by atoms with Crippen LogP contribution >= 0.6 is 0 Å². The van der Waals surface area contributed by atoms with Crippen molar-refractivity contribution in [2.75, 3.05) is 18.4 Å². The largest absolute Gasteiger partial charge is 0.372 e. The van der Waals surface area contributed by atoms with Crippen LogP contribution in [0.1, 0.15) is 29.7 Å². The Bertz CT molecular complexity index is 1080. The van der Waals surface area contributed by atoms with Gasteiger partial charge in [0.15, 0.2) is 0 Å². The Balaban J connectivity index is 1.36. The Morgan fingerprint density at radius 2 is 1.90 bits per heavy atom. The second kappa shape index (κ2) is 6.76. The normalized spacial score (nSPS) is 16.8. The van der Waals surface area contributed by atoms with Crippen LogP contribution in [0.5, 0.6) is 0 Å². The number of aromatic nitrogens is 1. The zero-order valence-electron chi connectivity index (χ0n) is 16.5. The van der Waals surface area contributed by atoms with Crippen molar-refractivity contribution < 1.29 is 9.18 Å². The molecule has 2 aromatic carbocycles. The van der Waals surface area contributed by atoms with E-state index in [1.165, 1.54) is 11.8 Å². The topological polar surface area (TPSA) is 37.3 Å². The molecule has 148 valence electrons. The number of nitrogens with zero attached hydrogens (tertiary/aromatic N) is 2. The number of piperidine rings is 1. The molecule has 4 nitrogen and oxygen atoms in total. The summed E-state index contributed by atoms with van der Waals surface area (Å²) in [4.78, 5) is 14.8. The zero-order chi connectivity index (χ0) is 20.0. The van der Waals surface area contributed by atoms with Crippen molar-refractivity contribution >= 4 is 11.6 Å². The number of rotatable bonds is 2. The molecule has 3 heterocycles. The number of likely N-dealkylation sites (tertiary alicyclic amines) is 1. The first-order valence-electron chi connectivity index (χ1n) is 10.1. The number of carbonyl (C=O) groups is 1. The maximum Gasteiger partial charge on any atom is 0.227 e. The van der Waals surface area contributed by atoms with Crippen LogP contribution in [0.4, 0.5) is 10.1 Å². The number of anilines is 1. The highest BCUT2D eigenvalue weighted by atomic mass is 19.1. The van der Waals surface area contributed by atoms with Gasteiger partial charge in [-0.2, -0.15) is 0 Å². The molecule has 0 bridgehead atoms. The molecule has 1 spiro atoms. The lowest BCUT2D eigenvalue weighted by Crippen LogP contribution is -2.51. The summed E-state index contributed by atoms with van der Waals surface area (Å²) < 4.78 is 16.0. The summed E-state index contributed by atoms with van der Waals surface area (Å²) in [5.41, 5.74) is 4.93. The fraction of sp³-hybridized carbons (Fsp3) is 0.292. The van der Waals surface area contributed by atoms with Crippen molar-refractivity contribution in [3.05, 3.63) is 83.4 Å². The number of aryl methyl sites for hydroxylation is 1. The lowest BCUT2D eigenvalue weighted by molar-refractivity contribution is -0.132. The Labute approximate surface area is 170 Å². The van der Waals surface area contributed by atoms with Gasteiger partial charge in [-0.1, -0.05) is 24.3 Å². The molecule has 0 aliphatic carbocycles. The van der Waals surface area contributed by atoms with Gasteiger partial charge < -0.3 is 14.8 Å². The molecule has 1 saturated heterocycles. The molecule has 2 aliphatic rings. The molecule has 1 N–H and O–H groups in total. The van der Waals surface area contributed by atoms with Gasteiger partial charge in [-0.3, -0.25) is 4.79 Å². The van der Waals surface area contributed by atoms with Gasteiger partial charge in [0.2, 0.25) is 5.91 Å². The molecule has 1 amide bonds. The van der Waals surface area contributed by atoms with E-state index in [9.17, 15) is 9.18 Å². The van der Waals surface area contributed by atoms with E-state index in [-0.39, 0.29) is 17.3 Å². The Hall–Kier alpha value is -3.08. The first kappa shape index (κ1) is 18.0. The van der Waals surface area contributed by atoms with Crippen molar-refractivity contribution in [1.82, 2.24) is 9.47 Å². The van der Waals surface area contributed by atoms with Gasteiger partial charge in [0.1, 0.15) is 5.82 Å². The number of hydrogen-bond donors (Lipinski definition) is 1.